The number of carbonyl (C=O) groups excluding carboxylic acids is 1. The highest BCUT2D eigenvalue weighted by Gasteiger charge is 2.14. The minimum absolute atomic E-state index is 0.0249. The molecule has 5 nitrogen and oxygen atoms in total. The molecule has 1 N–H and O–H groups in total. The van der Waals surface area contributed by atoms with Crippen LogP contribution < -0.4 is 15.0 Å². The highest BCUT2D eigenvalue weighted by Crippen LogP contribution is 2.26. The molecule has 0 fully saturated rings. The summed E-state index contributed by atoms with van der Waals surface area (Å²) in [6.07, 6.45) is 1.58. The summed E-state index contributed by atoms with van der Waals surface area (Å²) in [6, 6.07) is 15.4. The van der Waals surface area contributed by atoms with Crippen LogP contribution in [0.2, 0.25) is 0 Å². The summed E-state index contributed by atoms with van der Waals surface area (Å²) in [5.74, 6) is 0.0785. The van der Waals surface area contributed by atoms with Gasteiger partial charge in [0.2, 0.25) is 0 Å². The molecular formula is C21H23N3O2. The zero-order valence-corrected chi connectivity index (χ0v) is 15.5. The van der Waals surface area contributed by atoms with Gasteiger partial charge in [0.1, 0.15) is 17.4 Å². The number of nitrogens with zero attached hydrogens (tertiary/aromatic N) is 2. The Bertz CT molecular complexity index is 866. The summed E-state index contributed by atoms with van der Waals surface area (Å²) in [4.78, 5) is 14.5. The minimum Gasteiger partial charge on any atom is -0.495 e. The number of carbonyl (C=O) groups is 1. The molecule has 0 aromatic heterocycles. The molecule has 0 aliphatic carbocycles. The maximum Gasteiger partial charge on any atom is 0.267 e. The molecule has 26 heavy (non-hydrogen) atoms. The molecule has 0 unspecified atom stereocenters. The third-order valence-corrected chi connectivity index (χ3v) is 3.93. The van der Waals surface area contributed by atoms with Gasteiger partial charge < -0.3 is 15.0 Å². The minimum atomic E-state index is -0.470. The SMILES string of the molecule is CCN(/C=C(/C#N)C(=O)Nc1cc(C)ccc1OC)c1cccc(C)c1. The van der Waals surface area contributed by atoms with Crippen LogP contribution in [0.5, 0.6) is 5.75 Å². The first-order valence-electron chi connectivity index (χ1n) is 8.39. The van der Waals surface area contributed by atoms with Crippen LogP contribution in [0.25, 0.3) is 0 Å². The van der Waals surface area contributed by atoms with E-state index in [2.05, 4.69) is 5.32 Å². The molecule has 0 aliphatic rings. The van der Waals surface area contributed by atoms with E-state index in [0.717, 1.165) is 16.8 Å². The number of hydrogen-bond donors (Lipinski definition) is 1. The van der Waals surface area contributed by atoms with Crippen LogP contribution in [0.3, 0.4) is 0 Å². The average molecular weight is 349 g/mol. The monoisotopic (exact) mass is 349 g/mol. The van der Waals surface area contributed by atoms with Gasteiger partial charge in [0.05, 0.1) is 12.8 Å². The Morgan fingerprint density at radius 2 is 1.96 bits per heavy atom. The third-order valence-electron chi connectivity index (χ3n) is 3.93. The average Bonchev–Trinajstić information content (AvgIpc) is 2.63. The van der Waals surface area contributed by atoms with Gasteiger partial charge in [0, 0.05) is 18.4 Å². The summed E-state index contributed by atoms with van der Waals surface area (Å²) in [6.45, 7) is 6.53. The molecule has 2 aromatic carbocycles. The van der Waals surface area contributed by atoms with E-state index < -0.39 is 5.91 Å². The van der Waals surface area contributed by atoms with Crippen molar-refractivity contribution >= 4 is 17.3 Å². The molecule has 0 saturated heterocycles. The number of aryl methyl sites for hydroxylation is 2. The molecule has 0 aliphatic heterocycles. The Morgan fingerprint density at radius 1 is 1.23 bits per heavy atom. The van der Waals surface area contributed by atoms with Gasteiger partial charge in [-0.05, 0) is 56.2 Å². The van der Waals surface area contributed by atoms with Gasteiger partial charge in [-0.2, -0.15) is 5.26 Å². The van der Waals surface area contributed by atoms with Gasteiger partial charge >= 0.3 is 0 Å². The second-order valence-electron chi connectivity index (χ2n) is 5.94. The lowest BCUT2D eigenvalue weighted by molar-refractivity contribution is -0.112. The summed E-state index contributed by atoms with van der Waals surface area (Å²) in [7, 11) is 1.54. The Kier molecular flexibility index (Phi) is 6.40. The van der Waals surface area contributed by atoms with E-state index >= 15 is 0 Å². The lowest BCUT2D eigenvalue weighted by Crippen LogP contribution is -2.21. The number of ether oxygens (including phenoxy) is 1. The Balaban J connectivity index is 2.29. The van der Waals surface area contributed by atoms with Crippen molar-refractivity contribution in [3.8, 4) is 11.8 Å². The zero-order valence-electron chi connectivity index (χ0n) is 15.5. The first-order chi connectivity index (χ1) is 12.5. The predicted molar refractivity (Wildman–Crippen MR) is 104 cm³/mol. The van der Waals surface area contributed by atoms with Gasteiger partial charge in [0.25, 0.3) is 5.91 Å². The topological polar surface area (TPSA) is 65.4 Å². The van der Waals surface area contributed by atoms with Crippen LogP contribution in [-0.4, -0.2) is 19.6 Å². The molecule has 0 heterocycles. The van der Waals surface area contributed by atoms with Crippen molar-refractivity contribution in [2.75, 3.05) is 23.9 Å². The zero-order chi connectivity index (χ0) is 19.1. The fraction of sp³-hybridized carbons (Fsp3) is 0.238. The highest BCUT2D eigenvalue weighted by atomic mass is 16.5. The van der Waals surface area contributed by atoms with Gasteiger partial charge in [-0.1, -0.05) is 18.2 Å². The van der Waals surface area contributed by atoms with Crippen molar-refractivity contribution < 1.29 is 9.53 Å². The molecular weight excluding hydrogens is 326 g/mol. The number of nitrogens with one attached hydrogen (secondary N) is 1. The first kappa shape index (κ1) is 19.1. The van der Waals surface area contributed by atoms with E-state index in [-0.39, 0.29) is 5.57 Å². The van der Waals surface area contributed by atoms with Crippen LogP contribution in [0.1, 0.15) is 18.1 Å². The van der Waals surface area contributed by atoms with Crippen molar-refractivity contribution in [1.82, 2.24) is 0 Å². The Hall–Kier alpha value is -3.26. The van der Waals surface area contributed by atoms with Crippen LogP contribution >= 0.6 is 0 Å². The van der Waals surface area contributed by atoms with E-state index in [9.17, 15) is 10.1 Å². The van der Waals surface area contributed by atoms with E-state index in [4.69, 9.17) is 4.74 Å². The number of benzene rings is 2. The van der Waals surface area contributed by atoms with Crippen LogP contribution in [0.4, 0.5) is 11.4 Å². The smallest absolute Gasteiger partial charge is 0.267 e. The fourth-order valence-electron chi connectivity index (χ4n) is 2.56. The van der Waals surface area contributed by atoms with Crippen molar-refractivity contribution in [2.45, 2.75) is 20.8 Å². The molecule has 0 atom stereocenters. The molecule has 0 bridgehead atoms. The second kappa shape index (κ2) is 8.72. The molecule has 2 rings (SSSR count). The van der Waals surface area contributed by atoms with Crippen molar-refractivity contribution in [2.24, 2.45) is 0 Å². The van der Waals surface area contributed by atoms with E-state index in [0.29, 0.717) is 18.0 Å². The quantitative estimate of drug-likeness (QED) is 0.627. The van der Waals surface area contributed by atoms with E-state index in [1.54, 1.807) is 12.3 Å². The number of anilines is 2. The summed E-state index contributed by atoms with van der Waals surface area (Å²) < 4.78 is 5.27. The van der Waals surface area contributed by atoms with Gasteiger partial charge in [-0.3, -0.25) is 4.79 Å². The lowest BCUT2D eigenvalue weighted by atomic mass is 10.2. The predicted octanol–water partition coefficient (Wildman–Crippen LogP) is 4.18. The standard InChI is InChI=1S/C21H23N3O2/c1-5-24(18-8-6-7-15(2)11-18)14-17(13-22)21(25)23-19-12-16(3)9-10-20(19)26-4/h6-12,14H,5H2,1-4H3,(H,23,25)/b17-14-. The van der Waals surface area contributed by atoms with E-state index in [1.165, 1.54) is 7.11 Å². The molecule has 0 radical (unpaired) electrons. The summed E-state index contributed by atoms with van der Waals surface area (Å²) in [5, 5.41) is 12.2. The molecule has 134 valence electrons. The van der Waals surface area contributed by atoms with Crippen LogP contribution in [0, 0.1) is 25.2 Å². The molecule has 5 heteroatoms. The van der Waals surface area contributed by atoms with Crippen molar-refractivity contribution in [1.29, 1.82) is 5.26 Å². The van der Waals surface area contributed by atoms with Crippen LogP contribution in [-0.2, 0) is 4.79 Å². The summed E-state index contributed by atoms with van der Waals surface area (Å²) >= 11 is 0. The second-order valence-corrected chi connectivity index (χ2v) is 5.94. The van der Waals surface area contributed by atoms with E-state index in [1.807, 2.05) is 68.1 Å². The number of hydrogen-bond acceptors (Lipinski definition) is 4. The Labute approximate surface area is 154 Å². The first-order valence-corrected chi connectivity index (χ1v) is 8.39. The normalized spacial score (nSPS) is 10.8. The maximum atomic E-state index is 12.6. The van der Waals surface area contributed by atoms with Gasteiger partial charge in [-0.15, -0.1) is 0 Å². The number of nitriles is 1. The van der Waals surface area contributed by atoms with Gasteiger partial charge in [-0.25, -0.2) is 0 Å². The number of rotatable bonds is 6. The van der Waals surface area contributed by atoms with Crippen LogP contribution in [0.15, 0.2) is 54.2 Å². The molecule has 0 saturated carbocycles. The summed E-state index contributed by atoms with van der Waals surface area (Å²) in [5.41, 5.74) is 3.59. The fourth-order valence-corrected chi connectivity index (χ4v) is 2.56. The Morgan fingerprint density at radius 3 is 2.58 bits per heavy atom. The maximum absolute atomic E-state index is 12.6. The van der Waals surface area contributed by atoms with Gasteiger partial charge in [0.15, 0.2) is 0 Å². The molecule has 0 spiro atoms. The number of amides is 1. The molecule has 2 aromatic rings. The largest absolute Gasteiger partial charge is 0.495 e. The van der Waals surface area contributed by atoms with Crippen molar-refractivity contribution in [3.63, 3.8) is 0 Å². The third kappa shape index (κ3) is 4.64. The lowest BCUT2D eigenvalue weighted by Gasteiger charge is -2.19. The molecule has 1 amide bonds. The van der Waals surface area contributed by atoms with Crippen molar-refractivity contribution in [3.05, 3.63) is 65.4 Å². The highest BCUT2D eigenvalue weighted by molar-refractivity contribution is 6.07. The number of methoxy groups -OCH3 is 1.